The second-order valence-corrected chi connectivity index (χ2v) is 7.21. The molecule has 0 aliphatic heterocycles. The van der Waals surface area contributed by atoms with Crippen molar-refractivity contribution in [3.05, 3.63) is 31.7 Å². The van der Waals surface area contributed by atoms with E-state index in [0.717, 1.165) is 27.4 Å². The Balaban J connectivity index is 1.78. The van der Waals surface area contributed by atoms with E-state index in [-0.39, 0.29) is 0 Å². The highest BCUT2D eigenvalue weighted by atomic mass is 32.1. The van der Waals surface area contributed by atoms with Crippen LogP contribution in [0.2, 0.25) is 0 Å². The molecule has 0 radical (unpaired) electrons. The molecule has 0 aromatic carbocycles. The SMILES string of the molecule is CN=C(NCCc1nc(C(F)(F)F)cs1)NCc1nc(C)c(C)s1. The molecule has 2 heterocycles. The van der Waals surface area contributed by atoms with Gasteiger partial charge < -0.3 is 10.6 Å². The molecule has 0 saturated heterocycles. The molecule has 0 unspecified atom stereocenters. The summed E-state index contributed by atoms with van der Waals surface area (Å²) in [7, 11) is 1.64. The summed E-state index contributed by atoms with van der Waals surface area (Å²) >= 11 is 2.63. The van der Waals surface area contributed by atoms with Gasteiger partial charge in [0.1, 0.15) is 5.01 Å². The van der Waals surface area contributed by atoms with Crippen molar-refractivity contribution in [2.75, 3.05) is 13.6 Å². The smallest absolute Gasteiger partial charge is 0.356 e. The molecule has 0 fully saturated rings. The van der Waals surface area contributed by atoms with Crippen molar-refractivity contribution in [2.24, 2.45) is 4.99 Å². The zero-order valence-electron chi connectivity index (χ0n) is 13.5. The number of guanidine groups is 1. The summed E-state index contributed by atoms with van der Waals surface area (Å²) < 4.78 is 37.5. The van der Waals surface area contributed by atoms with Gasteiger partial charge in [0.05, 0.1) is 17.2 Å². The van der Waals surface area contributed by atoms with Crippen LogP contribution in [0.1, 0.15) is 26.3 Å². The van der Waals surface area contributed by atoms with Gasteiger partial charge in [-0.1, -0.05) is 0 Å². The molecule has 0 bridgehead atoms. The fourth-order valence-electron chi connectivity index (χ4n) is 1.84. The summed E-state index contributed by atoms with van der Waals surface area (Å²) in [6.45, 7) is 4.98. The van der Waals surface area contributed by atoms with Crippen molar-refractivity contribution >= 4 is 28.6 Å². The van der Waals surface area contributed by atoms with Crippen LogP contribution in [0.5, 0.6) is 0 Å². The quantitative estimate of drug-likeness (QED) is 0.621. The van der Waals surface area contributed by atoms with Gasteiger partial charge in [0.2, 0.25) is 0 Å². The van der Waals surface area contributed by atoms with Crippen molar-refractivity contribution < 1.29 is 13.2 Å². The van der Waals surface area contributed by atoms with Gasteiger partial charge >= 0.3 is 6.18 Å². The maximum absolute atomic E-state index is 12.5. The van der Waals surface area contributed by atoms with Crippen molar-refractivity contribution in [3.63, 3.8) is 0 Å². The number of aromatic nitrogens is 2. The van der Waals surface area contributed by atoms with Gasteiger partial charge in [-0.3, -0.25) is 4.99 Å². The standard InChI is InChI=1S/C14H18F3N5S2/c1-8-9(2)24-12(21-8)6-20-13(18-3)19-5-4-11-22-10(7-23-11)14(15,16)17/h7H,4-6H2,1-3H3,(H2,18,19,20). The predicted molar refractivity (Wildman–Crippen MR) is 90.6 cm³/mol. The van der Waals surface area contributed by atoms with Crippen LogP contribution in [-0.2, 0) is 19.1 Å². The number of hydrogen-bond donors (Lipinski definition) is 2. The van der Waals surface area contributed by atoms with Crippen LogP contribution >= 0.6 is 22.7 Å². The molecule has 0 spiro atoms. The first-order valence-corrected chi connectivity index (χ1v) is 8.88. The van der Waals surface area contributed by atoms with Crippen LogP contribution in [0.25, 0.3) is 0 Å². The minimum Gasteiger partial charge on any atom is -0.356 e. The number of nitrogens with zero attached hydrogens (tertiary/aromatic N) is 3. The second kappa shape index (κ2) is 7.93. The van der Waals surface area contributed by atoms with Crippen LogP contribution < -0.4 is 10.6 Å². The molecular weight excluding hydrogens is 359 g/mol. The molecule has 0 amide bonds. The summed E-state index contributed by atoms with van der Waals surface area (Å²) in [5.41, 5.74) is 0.184. The monoisotopic (exact) mass is 377 g/mol. The summed E-state index contributed by atoms with van der Waals surface area (Å²) in [6, 6.07) is 0. The number of thiazole rings is 2. The molecule has 10 heteroatoms. The van der Waals surface area contributed by atoms with E-state index in [1.54, 1.807) is 18.4 Å². The topological polar surface area (TPSA) is 62.2 Å². The first-order valence-electron chi connectivity index (χ1n) is 7.18. The summed E-state index contributed by atoms with van der Waals surface area (Å²) in [4.78, 5) is 13.3. The Labute approximate surface area is 146 Å². The molecule has 2 rings (SSSR count). The summed E-state index contributed by atoms with van der Waals surface area (Å²) in [6.07, 6.45) is -3.99. The van der Waals surface area contributed by atoms with Gasteiger partial charge in [-0.15, -0.1) is 22.7 Å². The molecular formula is C14H18F3N5S2. The van der Waals surface area contributed by atoms with Crippen LogP contribution in [0, 0.1) is 13.8 Å². The Hall–Kier alpha value is -1.68. The zero-order chi connectivity index (χ0) is 17.7. The highest BCUT2D eigenvalue weighted by Gasteiger charge is 2.33. The van der Waals surface area contributed by atoms with E-state index in [1.807, 2.05) is 13.8 Å². The fourth-order valence-corrected chi connectivity index (χ4v) is 3.52. The predicted octanol–water partition coefficient (Wildman–Crippen LogP) is 3.14. The average Bonchev–Trinajstić information content (AvgIpc) is 3.10. The van der Waals surface area contributed by atoms with E-state index < -0.39 is 11.9 Å². The van der Waals surface area contributed by atoms with E-state index in [1.165, 1.54) is 4.88 Å². The van der Waals surface area contributed by atoms with Gasteiger partial charge in [0.15, 0.2) is 11.7 Å². The number of alkyl halides is 3. The Kier molecular flexibility index (Phi) is 6.16. The normalized spacial score (nSPS) is 12.5. The van der Waals surface area contributed by atoms with Crippen LogP contribution in [0.4, 0.5) is 13.2 Å². The number of rotatable bonds is 5. The van der Waals surface area contributed by atoms with Gasteiger partial charge in [0.25, 0.3) is 0 Å². The minimum atomic E-state index is -4.39. The van der Waals surface area contributed by atoms with Gasteiger partial charge in [-0.25, -0.2) is 9.97 Å². The van der Waals surface area contributed by atoms with Crippen molar-refractivity contribution in [2.45, 2.75) is 33.0 Å². The molecule has 24 heavy (non-hydrogen) atoms. The maximum Gasteiger partial charge on any atom is 0.434 e. The number of aliphatic imine (C=N–C) groups is 1. The van der Waals surface area contributed by atoms with Crippen molar-refractivity contribution in [1.29, 1.82) is 0 Å². The van der Waals surface area contributed by atoms with Crippen LogP contribution in [0.15, 0.2) is 10.4 Å². The number of hydrogen-bond acceptors (Lipinski definition) is 5. The summed E-state index contributed by atoms with van der Waals surface area (Å²) in [5, 5.41) is 8.63. The van der Waals surface area contributed by atoms with Crippen molar-refractivity contribution in [1.82, 2.24) is 20.6 Å². The third-order valence-corrected chi connectivity index (χ3v) is 5.16. The van der Waals surface area contributed by atoms with E-state index in [9.17, 15) is 13.2 Å². The Bertz CT molecular complexity index is 686. The van der Waals surface area contributed by atoms with Crippen LogP contribution in [0.3, 0.4) is 0 Å². The molecule has 0 saturated carbocycles. The molecule has 0 aliphatic rings. The lowest BCUT2D eigenvalue weighted by Crippen LogP contribution is -2.37. The molecule has 5 nitrogen and oxygen atoms in total. The highest BCUT2D eigenvalue weighted by molar-refractivity contribution is 7.11. The Morgan fingerprint density at radius 3 is 2.50 bits per heavy atom. The van der Waals surface area contributed by atoms with E-state index in [0.29, 0.717) is 30.5 Å². The first kappa shape index (κ1) is 18.7. The zero-order valence-corrected chi connectivity index (χ0v) is 15.1. The van der Waals surface area contributed by atoms with Crippen LogP contribution in [-0.4, -0.2) is 29.5 Å². The largest absolute Gasteiger partial charge is 0.434 e. The van der Waals surface area contributed by atoms with E-state index in [2.05, 4.69) is 25.6 Å². The molecule has 2 aromatic rings. The Morgan fingerprint density at radius 1 is 1.21 bits per heavy atom. The summed E-state index contributed by atoms with van der Waals surface area (Å²) in [5.74, 6) is 0.577. The van der Waals surface area contributed by atoms with Crippen molar-refractivity contribution in [3.8, 4) is 0 Å². The lowest BCUT2D eigenvalue weighted by Gasteiger charge is -2.10. The average molecular weight is 377 g/mol. The third kappa shape index (κ3) is 5.17. The Morgan fingerprint density at radius 2 is 1.96 bits per heavy atom. The molecule has 2 aromatic heterocycles. The lowest BCUT2D eigenvalue weighted by atomic mass is 10.4. The fraction of sp³-hybridized carbons (Fsp3) is 0.500. The number of aryl methyl sites for hydroxylation is 2. The molecule has 2 N–H and O–H groups in total. The highest BCUT2D eigenvalue weighted by Crippen LogP contribution is 2.29. The van der Waals surface area contributed by atoms with E-state index in [4.69, 9.17) is 0 Å². The first-order chi connectivity index (χ1) is 11.3. The van der Waals surface area contributed by atoms with Gasteiger partial charge in [-0.2, -0.15) is 13.2 Å². The lowest BCUT2D eigenvalue weighted by molar-refractivity contribution is -0.140. The molecule has 0 aliphatic carbocycles. The van der Waals surface area contributed by atoms with Gasteiger partial charge in [0, 0.05) is 30.3 Å². The minimum absolute atomic E-state index is 0.400. The van der Waals surface area contributed by atoms with Gasteiger partial charge in [-0.05, 0) is 13.8 Å². The van der Waals surface area contributed by atoms with E-state index >= 15 is 0 Å². The third-order valence-electron chi connectivity index (χ3n) is 3.18. The molecule has 132 valence electrons. The number of halogens is 3. The maximum atomic E-state index is 12.5. The molecule has 0 atom stereocenters. The second-order valence-electron chi connectivity index (χ2n) is 4.98. The number of nitrogens with one attached hydrogen (secondary N) is 2.